The fraction of sp³-hybridized carbons (Fsp3) is 0.143. The van der Waals surface area contributed by atoms with E-state index in [9.17, 15) is 0 Å². The highest BCUT2D eigenvalue weighted by Gasteiger charge is 2.05. The molecule has 0 radical (unpaired) electrons. The minimum absolute atomic E-state index is 1.15. The number of hydrogen-bond donors (Lipinski definition) is 0. The van der Waals surface area contributed by atoms with Gasteiger partial charge in [0.25, 0.3) is 0 Å². The van der Waals surface area contributed by atoms with Crippen molar-refractivity contribution in [2.75, 3.05) is 19.0 Å². The Morgan fingerprint density at radius 1 is 1.06 bits per heavy atom. The summed E-state index contributed by atoms with van der Waals surface area (Å²) in [4.78, 5) is 2.12. The summed E-state index contributed by atoms with van der Waals surface area (Å²) in [7, 11) is 4.10. The van der Waals surface area contributed by atoms with Crippen LogP contribution in [0.4, 0.5) is 5.69 Å². The molecule has 0 saturated carbocycles. The minimum atomic E-state index is 1.15. The lowest BCUT2D eigenvalue weighted by Gasteiger charge is -2.16. The number of nitrogens with zero attached hydrogens (tertiary/aromatic N) is 1. The molecule has 2 rings (SSSR count). The van der Waals surface area contributed by atoms with Gasteiger partial charge in [0.1, 0.15) is 0 Å². The van der Waals surface area contributed by atoms with Gasteiger partial charge in [-0.1, -0.05) is 41.9 Å². The largest absolute Gasteiger partial charge is 0.377 e. The van der Waals surface area contributed by atoms with Crippen LogP contribution in [0.15, 0.2) is 41.9 Å². The van der Waals surface area contributed by atoms with Gasteiger partial charge in [0.15, 0.2) is 0 Å². The highest BCUT2D eigenvalue weighted by atomic mass is 35.5. The van der Waals surface area contributed by atoms with E-state index in [2.05, 4.69) is 49.3 Å². The van der Waals surface area contributed by atoms with Crippen LogP contribution < -0.4 is 4.90 Å². The van der Waals surface area contributed by atoms with E-state index < -0.39 is 0 Å². The van der Waals surface area contributed by atoms with Gasteiger partial charge in [-0.3, -0.25) is 0 Å². The molecule has 0 bridgehead atoms. The Hall–Kier alpha value is -1.47. The quantitative estimate of drug-likeness (QED) is 0.752. The molecule has 0 saturated heterocycles. The van der Waals surface area contributed by atoms with E-state index in [1.807, 2.05) is 12.1 Å². The van der Waals surface area contributed by atoms with Crippen molar-refractivity contribution in [2.24, 2.45) is 0 Å². The van der Waals surface area contributed by atoms with E-state index in [0.29, 0.717) is 0 Å². The van der Waals surface area contributed by atoms with Crippen LogP contribution in [-0.4, -0.2) is 14.1 Å². The van der Waals surface area contributed by atoms with Crippen LogP contribution in [0.3, 0.4) is 0 Å². The molecule has 1 nitrogen and oxygen atoms in total. The lowest BCUT2D eigenvalue weighted by atomic mass is 10.0. The third-order valence-corrected chi connectivity index (χ3v) is 2.77. The van der Waals surface area contributed by atoms with Gasteiger partial charge in [-0.05, 0) is 23.1 Å². The predicted octanol–water partition coefficient (Wildman–Crippen LogP) is 4.12. The number of fused-ring (bicyclic) bond motifs is 1. The number of hydrogen-bond acceptors (Lipinski definition) is 1. The first-order chi connectivity index (χ1) is 7.74. The van der Waals surface area contributed by atoms with Gasteiger partial charge in [0, 0.05) is 30.7 Å². The van der Waals surface area contributed by atoms with Gasteiger partial charge in [-0.25, -0.2) is 0 Å². The van der Waals surface area contributed by atoms with Gasteiger partial charge < -0.3 is 4.90 Å². The third kappa shape index (κ3) is 1.91. The number of benzene rings is 2. The number of halogens is 1. The molecule has 0 unspecified atom stereocenters. The monoisotopic (exact) mass is 231 g/mol. The van der Waals surface area contributed by atoms with Gasteiger partial charge in [-0.2, -0.15) is 0 Å². The second kappa shape index (κ2) is 4.58. The van der Waals surface area contributed by atoms with E-state index in [-0.39, 0.29) is 0 Å². The topological polar surface area (TPSA) is 3.24 Å². The van der Waals surface area contributed by atoms with E-state index in [1.165, 1.54) is 16.5 Å². The molecule has 2 aromatic rings. The fourth-order valence-electron chi connectivity index (χ4n) is 1.93. The molecule has 0 amide bonds. The zero-order valence-corrected chi connectivity index (χ0v) is 10.2. The molecule has 2 heteroatoms. The minimum Gasteiger partial charge on any atom is -0.377 e. The zero-order valence-electron chi connectivity index (χ0n) is 9.44. The highest BCUT2D eigenvalue weighted by molar-refractivity contribution is 6.27. The molecule has 0 aliphatic rings. The van der Waals surface area contributed by atoms with Crippen LogP contribution >= 0.6 is 11.6 Å². The Kier molecular flexibility index (Phi) is 3.16. The maximum atomic E-state index is 5.67. The van der Waals surface area contributed by atoms with E-state index in [1.54, 1.807) is 5.54 Å². The van der Waals surface area contributed by atoms with Gasteiger partial charge in [0.05, 0.1) is 0 Å². The second-order valence-corrected chi connectivity index (χ2v) is 4.16. The number of rotatable bonds is 2. The molecule has 0 aromatic heterocycles. The molecule has 82 valence electrons. The highest BCUT2D eigenvalue weighted by Crippen LogP contribution is 2.29. The van der Waals surface area contributed by atoms with Gasteiger partial charge in [-0.15, -0.1) is 0 Å². The van der Waals surface area contributed by atoms with E-state index in [0.717, 1.165) is 5.56 Å². The van der Waals surface area contributed by atoms with Gasteiger partial charge in [0.2, 0.25) is 0 Å². The van der Waals surface area contributed by atoms with E-state index >= 15 is 0 Å². The Morgan fingerprint density at radius 2 is 1.75 bits per heavy atom. The average Bonchev–Trinajstić information content (AvgIpc) is 2.29. The predicted molar refractivity (Wildman–Crippen MR) is 73.2 cm³/mol. The van der Waals surface area contributed by atoms with Crippen LogP contribution in [0.2, 0.25) is 0 Å². The summed E-state index contributed by atoms with van der Waals surface area (Å²) < 4.78 is 0. The van der Waals surface area contributed by atoms with Crippen LogP contribution in [0.25, 0.3) is 16.8 Å². The molecule has 0 atom stereocenters. The normalized spacial score (nSPS) is 11.2. The summed E-state index contributed by atoms with van der Waals surface area (Å²) >= 11 is 5.67. The Balaban J connectivity index is 2.81. The Labute approximate surface area is 101 Å². The molecular formula is C14H14ClN. The standard InChI is InChI=1S/C14H14ClN/c1-16(2)13-8-4-7-11-5-3-6-12(9-10-15)14(11)13/h3-10H,1-2H3/b10-9-. The van der Waals surface area contributed by atoms with Crippen molar-refractivity contribution in [1.82, 2.24) is 0 Å². The van der Waals surface area contributed by atoms with Crippen molar-refractivity contribution in [2.45, 2.75) is 0 Å². The molecule has 0 N–H and O–H groups in total. The maximum Gasteiger partial charge on any atom is 0.0446 e. The SMILES string of the molecule is CN(C)c1cccc2cccc(/C=C\Cl)c12. The molecular weight excluding hydrogens is 218 g/mol. The smallest absolute Gasteiger partial charge is 0.0446 e. The van der Waals surface area contributed by atoms with Crippen molar-refractivity contribution in [3.05, 3.63) is 47.5 Å². The first-order valence-corrected chi connectivity index (χ1v) is 5.63. The third-order valence-electron chi connectivity index (χ3n) is 2.64. The van der Waals surface area contributed by atoms with Crippen molar-refractivity contribution >= 4 is 34.1 Å². The van der Waals surface area contributed by atoms with Gasteiger partial charge >= 0.3 is 0 Å². The second-order valence-electron chi connectivity index (χ2n) is 3.91. The van der Waals surface area contributed by atoms with Crippen LogP contribution in [0.5, 0.6) is 0 Å². The average molecular weight is 232 g/mol. The summed E-state index contributed by atoms with van der Waals surface area (Å²) in [6.07, 6.45) is 1.93. The first kappa shape index (κ1) is 11.0. The first-order valence-electron chi connectivity index (χ1n) is 5.20. The van der Waals surface area contributed by atoms with Crippen LogP contribution in [0, 0.1) is 0 Å². The van der Waals surface area contributed by atoms with Crippen LogP contribution in [0.1, 0.15) is 5.56 Å². The molecule has 0 aliphatic carbocycles. The summed E-state index contributed by atoms with van der Waals surface area (Å²) in [5.41, 5.74) is 3.92. The summed E-state index contributed by atoms with van der Waals surface area (Å²) in [5, 5.41) is 2.48. The molecule has 0 aliphatic heterocycles. The number of anilines is 1. The Bertz CT molecular complexity index is 524. The summed E-state index contributed by atoms with van der Waals surface area (Å²) in [5.74, 6) is 0. The van der Waals surface area contributed by atoms with Crippen molar-refractivity contribution in [3.63, 3.8) is 0 Å². The van der Waals surface area contributed by atoms with E-state index in [4.69, 9.17) is 11.6 Å². The molecule has 0 spiro atoms. The van der Waals surface area contributed by atoms with Crippen LogP contribution in [-0.2, 0) is 0 Å². The summed E-state index contributed by atoms with van der Waals surface area (Å²) in [6.45, 7) is 0. The molecule has 0 heterocycles. The van der Waals surface area contributed by atoms with Crippen molar-refractivity contribution < 1.29 is 0 Å². The molecule has 16 heavy (non-hydrogen) atoms. The van der Waals surface area contributed by atoms with Crippen molar-refractivity contribution in [3.8, 4) is 0 Å². The van der Waals surface area contributed by atoms with Crippen molar-refractivity contribution in [1.29, 1.82) is 0 Å². The maximum absolute atomic E-state index is 5.67. The fourth-order valence-corrected chi connectivity index (χ4v) is 2.06. The molecule has 0 fully saturated rings. The Morgan fingerprint density at radius 3 is 2.38 bits per heavy atom. The lowest BCUT2D eigenvalue weighted by Crippen LogP contribution is -2.09. The molecule has 2 aromatic carbocycles. The summed E-state index contributed by atoms with van der Waals surface area (Å²) in [6, 6.07) is 12.6. The lowest BCUT2D eigenvalue weighted by molar-refractivity contribution is 1.14. The zero-order chi connectivity index (χ0) is 11.5.